The molecule has 3 heteroatoms. The van der Waals surface area contributed by atoms with Gasteiger partial charge in [0, 0.05) is 25.3 Å². The molecule has 0 radical (unpaired) electrons. The molecular formula is C10H15N3. The highest BCUT2D eigenvalue weighted by atomic mass is 15.2. The summed E-state index contributed by atoms with van der Waals surface area (Å²) in [4.78, 5) is 6.76. The smallest absolute Gasteiger partial charge is 0.129 e. The summed E-state index contributed by atoms with van der Waals surface area (Å²) in [6, 6.07) is 4.13. The fourth-order valence-corrected chi connectivity index (χ4v) is 1.55. The van der Waals surface area contributed by atoms with Gasteiger partial charge < -0.3 is 10.6 Å². The molecule has 0 spiro atoms. The summed E-state index contributed by atoms with van der Waals surface area (Å²) in [5, 5.41) is 0. The molecule has 2 heterocycles. The fraction of sp³-hybridized carbons (Fsp3) is 0.500. The summed E-state index contributed by atoms with van der Waals surface area (Å²) in [6.45, 7) is 4.90. The van der Waals surface area contributed by atoms with Crippen molar-refractivity contribution in [1.29, 1.82) is 0 Å². The average Bonchev–Trinajstić information content (AvgIpc) is 2.00. The highest BCUT2D eigenvalue weighted by molar-refractivity contribution is 5.44. The van der Waals surface area contributed by atoms with Gasteiger partial charge in [-0.3, -0.25) is 0 Å². The monoisotopic (exact) mass is 177 g/mol. The lowest BCUT2D eigenvalue weighted by Crippen LogP contribution is -2.37. The predicted molar refractivity (Wildman–Crippen MR) is 53.7 cm³/mol. The molecule has 1 aliphatic rings. The Labute approximate surface area is 78.6 Å². The molecule has 0 saturated carbocycles. The zero-order chi connectivity index (χ0) is 9.26. The second-order valence-electron chi connectivity index (χ2n) is 3.52. The molecule has 2 rings (SSSR count). The first-order chi connectivity index (χ1) is 6.29. The molecule has 1 saturated heterocycles. The van der Waals surface area contributed by atoms with E-state index in [2.05, 4.69) is 16.0 Å². The third-order valence-corrected chi connectivity index (χ3v) is 2.42. The lowest BCUT2D eigenvalue weighted by Gasteiger charge is -2.32. The largest absolute Gasteiger partial charge is 0.356 e. The third kappa shape index (κ3) is 1.65. The molecule has 0 bridgehead atoms. The number of rotatable bonds is 2. The van der Waals surface area contributed by atoms with E-state index in [1.165, 1.54) is 12.0 Å². The molecule has 0 atom stereocenters. The van der Waals surface area contributed by atoms with Crippen molar-refractivity contribution in [2.24, 2.45) is 5.73 Å². The topological polar surface area (TPSA) is 42.1 Å². The zero-order valence-electron chi connectivity index (χ0n) is 7.95. The molecule has 1 aromatic rings. The molecule has 2 N–H and O–H groups in total. The number of nitrogens with zero attached hydrogens (tertiary/aromatic N) is 2. The lowest BCUT2D eigenvalue weighted by atomic mass is 10.2. The van der Waals surface area contributed by atoms with Crippen LogP contribution in [0.4, 0.5) is 5.82 Å². The first kappa shape index (κ1) is 8.51. The van der Waals surface area contributed by atoms with E-state index in [1.54, 1.807) is 0 Å². The Kier molecular flexibility index (Phi) is 2.19. The molecule has 1 aromatic heterocycles. The normalized spacial score (nSPS) is 15.7. The maximum atomic E-state index is 5.60. The molecule has 0 amide bonds. The SMILES string of the molecule is Cc1cc(CN)cc(N2CCC2)n1. The fourth-order valence-electron chi connectivity index (χ4n) is 1.55. The molecule has 70 valence electrons. The van der Waals surface area contributed by atoms with Crippen molar-refractivity contribution in [2.75, 3.05) is 18.0 Å². The maximum Gasteiger partial charge on any atom is 0.129 e. The molecule has 1 aliphatic heterocycles. The van der Waals surface area contributed by atoms with E-state index in [1.807, 2.05) is 13.0 Å². The first-order valence-electron chi connectivity index (χ1n) is 4.72. The van der Waals surface area contributed by atoms with Crippen molar-refractivity contribution < 1.29 is 0 Å². The Morgan fingerprint density at radius 3 is 2.77 bits per heavy atom. The number of hydrogen-bond donors (Lipinski definition) is 1. The van der Waals surface area contributed by atoms with Gasteiger partial charge in [-0.15, -0.1) is 0 Å². The summed E-state index contributed by atoms with van der Waals surface area (Å²) >= 11 is 0. The van der Waals surface area contributed by atoms with Gasteiger partial charge in [0.2, 0.25) is 0 Å². The highest BCUT2D eigenvalue weighted by Crippen LogP contribution is 2.19. The minimum Gasteiger partial charge on any atom is -0.356 e. The molecule has 0 aromatic carbocycles. The maximum absolute atomic E-state index is 5.60. The Morgan fingerprint density at radius 2 is 2.23 bits per heavy atom. The molecular weight excluding hydrogens is 162 g/mol. The van der Waals surface area contributed by atoms with E-state index in [4.69, 9.17) is 5.73 Å². The lowest BCUT2D eigenvalue weighted by molar-refractivity contribution is 0.608. The molecule has 0 unspecified atom stereocenters. The van der Waals surface area contributed by atoms with E-state index >= 15 is 0 Å². The number of aromatic nitrogens is 1. The summed E-state index contributed by atoms with van der Waals surface area (Å²) in [5.41, 5.74) is 7.84. The van der Waals surface area contributed by atoms with Gasteiger partial charge in [-0.25, -0.2) is 4.98 Å². The molecule has 3 nitrogen and oxygen atoms in total. The third-order valence-electron chi connectivity index (χ3n) is 2.42. The first-order valence-corrected chi connectivity index (χ1v) is 4.72. The minimum atomic E-state index is 0.601. The van der Waals surface area contributed by atoms with E-state index in [0.29, 0.717) is 6.54 Å². The van der Waals surface area contributed by atoms with Crippen molar-refractivity contribution in [2.45, 2.75) is 19.9 Å². The van der Waals surface area contributed by atoms with Crippen molar-refractivity contribution >= 4 is 5.82 Å². The zero-order valence-corrected chi connectivity index (χ0v) is 7.95. The van der Waals surface area contributed by atoms with Gasteiger partial charge in [-0.2, -0.15) is 0 Å². The highest BCUT2D eigenvalue weighted by Gasteiger charge is 2.15. The van der Waals surface area contributed by atoms with Gasteiger partial charge >= 0.3 is 0 Å². The minimum absolute atomic E-state index is 0.601. The Bertz CT molecular complexity index is 305. The van der Waals surface area contributed by atoms with E-state index < -0.39 is 0 Å². The van der Waals surface area contributed by atoms with Crippen LogP contribution in [0.2, 0.25) is 0 Å². The van der Waals surface area contributed by atoms with Gasteiger partial charge in [0.1, 0.15) is 5.82 Å². The van der Waals surface area contributed by atoms with Gasteiger partial charge in [-0.05, 0) is 31.0 Å². The average molecular weight is 177 g/mol. The van der Waals surface area contributed by atoms with E-state index in [0.717, 1.165) is 24.6 Å². The van der Waals surface area contributed by atoms with Crippen molar-refractivity contribution in [3.8, 4) is 0 Å². The Hall–Kier alpha value is -1.09. The second kappa shape index (κ2) is 3.34. The van der Waals surface area contributed by atoms with E-state index in [-0.39, 0.29) is 0 Å². The summed E-state index contributed by atoms with van der Waals surface area (Å²) in [7, 11) is 0. The number of pyridine rings is 1. The number of hydrogen-bond acceptors (Lipinski definition) is 3. The van der Waals surface area contributed by atoms with Crippen LogP contribution in [0.15, 0.2) is 12.1 Å². The van der Waals surface area contributed by atoms with Crippen LogP contribution in [0.5, 0.6) is 0 Å². The predicted octanol–water partition coefficient (Wildman–Crippen LogP) is 1.06. The molecule has 1 fully saturated rings. The number of nitrogens with two attached hydrogens (primary N) is 1. The van der Waals surface area contributed by atoms with Gasteiger partial charge in [0.05, 0.1) is 0 Å². The van der Waals surface area contributed by atoms with Crippen LogP contribution < -0.4 is 10.6 Å². The van der Waals surface area contributed by atoms with Crippen LogP contribution in [0.1, 0.15) is 17.7 Å². The van der Waals surface area contributed by atoms with Crippen LogP contribution in [0, 0.1) is 6.92 Å². The van der Waals surface area contributed by atoms with E-state index in [9.17, 15) is 0 Å². The molecule has 13 heavy (non-hydrogen) atoms. The summed E-state index contributed by atoms with van der Waals surface area (Å²) in [6.07, 6.45) is 1.29. The van der Waals surface area contributed by atoms with Crippen LogP contribution in [0.3, 0.4) is 0 Å². The summed E-state index contributed by atoms with van der Waals surface area (Å²) in [5.74, 6) is 1.09. The van der Waals surface area contributed by atoms with Crippen molar-refractivity contribution in [1.82, 2.24) is 4.98 Å². The molecule has 0 aliphatic carbocycles. The van der Waals surface area contributed by atoms with Crippen LogP contribution >= 0.6 is 0 Å². The van der Waals surface area contributed by atoms with Gasteiger partial charge in [-0.1, -0.05) is 0 Å². The van der Waals surface area contributed by atoms with Gasteiger partial charge in [0.15, 0.2) is 0 Å². The van der Waals surface area contributed by atoms with Crippen molar-refractivity contribution in [3.05, 3.63) is 23.4 Å². The Morgan fingerprint density at radius 1 is 1.46 bits per heavy atom. The number of aryl methyl sites for hydroxylation is 1. The standard InChI is InChI=1S/C10H15N3/c1-8-5-9(7-11)6-10(12-8)13-3-2-4-13/h5-6H,2-4,7,11H2,1H3. The number of anilines is 1. The van der Waals surface area contributed by atoms with Crippen LogP contribution in [-0.4, -0.2) is 18.1 Å². The summed E-state index contributed by atoms with van der Waals surface area (Å²) < 4.78 is 0. The second-order valence-corrected chi connectivity index (χ2v) is 3.52. The quantitative estimate of drug-likeness (QED) is 0.734. The van der Waals surface area contributed by atoms with Crippen molar-refractivity contribution in [3.63, 3.8) is 0 Å². The van der Waals surface area contributed by atoms with Gasteiger partial charge in [0.25, 0.3) is 0 Å². The Balaban J connectivity index is 2.28. The van der Waals surface area contributed by atoms with Crippen LogP contribution in [-0.2, 0) is 6.54 Å². The van der Waals surface area contributed by atoms with Crippen LogP contribution in [0.25, 0.3) is 0 Å².